The van der Waals surface area contributed by atoms with Crippen molar-refractivity contribution < 1.29 is 9.58 Å². The average Bonchev–Trinajstić information content (AvgIpc) is 2.99. The van der Waals surface area contributed by atoms with Gasteiger partial charge in [0.05, 0.1) is 11.3 Å². The van der Waals surface area contributed by atoms with E-state index in [1.807, 2.05) is 36.1 Å². The summed E-state index contributed by atoms with van der Waals surface area (Å²) in [5.74, 6) is 2.75. The Morgan fingerprint density at radius 3 is 1.42 bits per heavy atom. The van der Waals surface area contributed by atoms with Crippen molar-refractivity contribution in [2.45, 2.75) is 79.1 Å². The number of hydrogen-bond donors (Lipinski definition) is 1. The normalized spacial score (nSPS) is 12.7. The SMILES string of the molecule is CC(C)c1cccc(C(C)C)c1N=C(O[N+](C)=C(Nc1c(C(C)C)cccc1C(C)C)c1ccccc1)c1ccccc1. The number of rotatable bonds is 9. The predicted octanol–water partition coefficient (Wildman–Crippen LogP) is 10.4. The summed E-state index contributed by atoms with van der Waals surface area (Å²) in [4.78, 5) is 12.1. The van der Waals surface area contributed by atoms with E-state index in [1.54, 1.807) is 0 Å². The smallest absolute Gasteiger partial charge is 0.280 e. The maximum absolute atomic E-state index is 6.78. The first-order chi connectivity index (χ1) is 20.6. The molecular formula is C39H48N3O+. The van der Waals surface area contributed by atoms with E-state index in [2.05, 4.69) is 134 Å². The molecule has 0 saturated heterocycles. The predicted molar refractivity (Wildman–Crippen MR) is 183 cm³/mol. The third-order valence-electron chi connectivity index (χ3n) is 7.78. The average molecular weight is 575 g/mol. The van der Waals surface area contributed by atoms with Crippen LogP contribution in [-0.2, 0) is 4.84 Å². The zero-order valence-electron chi connectivity index (χ0n) is 27.3. The lowest BCUT2D eigenvalue weighted by atomic mass is 9.92. The second-order valence-corrected chi connectivity index (χ2v) is 12.4. The molecule has 0 fully saturated rings. The van der Waals surface area contributed by atoms with Crippen molar-refractivity contribution in [3.63, 3.8) is 0 Å². The van der Waals surface area contributed by atoms with Crippen molar-refractivity contribution in [3.05, 3.63) is 130 Å². The monoisotopic (exact) mass is 574 g/mol. The van der Waals surface area contributed by atoms with Crippen LogP contribution in [0, 0.1) is 0 Å². The summed E-state index contributed by atoms with van der Waals surface area (Å²) < 4.78 is 1.83. The molecular weight excluding hydrogens is 526 g/mol. The highest BCUT2D eigenvalue weighted by Gasteiger charge is 2.25. The Morgan fingerprint density at radius 2 is 0.977 bits per heavy atom. The van der Waals surface area contributed by atoms with Crippen LogP contribution in [-0.4, -0.2) is 23.5 Å². The third kappa shape index (κ3) is 7.62. The largest absolute Gasteiger partial charge is 0.321 e. The van der Waals surface area contributed by atoms with Gasteiger partial charge in [0.15, 0.2) is 0 Å². The standard InChI is InChI=1S/C39H47N3O/c1-26(2)32-22-16-23-33(27(3)4)36(32)40-38(30-18-12-10-13-19-30)42(9)43-39(31-20-14-11-15-21-31)41-37-34(28(5)6)24-17-25-35(37)29(7)8/h10-29H,1-9H3/p+1. The summed E-state index contributed by atoms with van der Waals surface area (Å²) in [5, 5.41) is 3.84. The van der Waals surface area contributed by atoms with Gasteiger partial charge in [0, 0.05) is 16.7 Å². The molecule has 4 heteroatoms. The number of nitrogens with zero attached hydrogens (tertiary/aromatic N) is 2. The Kier molecular flexibility index (Phi) is 10.6. The van der Waals surface area contributed by atoms with E-state index in [0.29, 0.717) is 29.6 Å². The van der Waals surface area contributed by atoms with Gasteiger partial charge in [0.25, 0.3) is 5.90 Å². The lowest BCUT2D eigenvalue weighted by Gasteiger charge is -2.19. The van der Waals surface area contributed by atoms with Gasteiger partial charge >= 0.3 is 5.84 Å². The Bertz CT molecular complexity index is 1510. The molecule has 43 heavy (non-hydrogen) atoms. The maximum atomic E-state index is 6.78. The maximum Gasteiger partial charge on any atom is 0.321 e. The van der Waals surface area contributed by atoms with Crippen molar-refractivity contribution in [3.8, 4) is 0 Å². The number of para-hydroxylation sites is 2. The van der Waals surface area contributed by atoms with E-state index in [1.165, 1.54) is 22.3 Å². The molecule has 0 aliphatic carbocycles. The molecule has 0 spiro atoms. The van der Waals surface area contributed by atoms with Gasteiger partial charge in [-0.3, -0.25) is 4.84 Å². The van der Waals surface area contributed by atoms with E-state index < -0.39 is 0 Å². The Balaban J connectivity index is 1.94. The Labute approximate surface area is 259 Å². The summed E-state index contributed by atoms with van der Waals surface area (Å²) >= 11 is 0. The highest BCUT2D eigenvalue weighted by molar-refractivity contribution is 6.06. The van der Waals surface area contributed by atoms with Crippen LogP contribution in [0.15, 0.2) is 102 Å². The topological polar surface area (TPSA) is 36.6 Å². The van der Waals surface area contributed by atoms with Gasteiger partial charge < -0.3 is 0 Å². The van der Waals surface area contributed by atoms with Crippen LogP contribution in [0.2, 0.25) is 0 Å². The summed E-state index contributed by atoms with van der Waals surface area (Å²) in [5.41, 5.74) is 9.03. The van der Waals surface area contributed by atoms with E-state index in [0.717, 1.165) is 28.3 Å². The zero-order chi connectivity index (χ0) is 31.1. The fourth-order valence-electron chi connectivity index (χ4n) is 5.38. The number of anilines is 1. The summed E-state index contributed by atoms with van der Waals surface area (Å²) in [6, 6.07) is 33.7. The number of hydrogen-bond acceptors (Lipinski definition) is 2. The summed E-state index contributed by atoms with van der Waals surface area (Å²) in [6.07, 6.45) is 0. The van der Waals surface area contributed by atoms with Gasteiger partial charge in [-0.15, -0.1) is 0 Å². The van der Waals surface area contributed by atoms with Crippen LogP contribution in [0.25, 0.3) is 0 Å². The van der Waals surface area contributed by atoms with Crippen molar-refractivity contribution in [2.24, 2.45) is 4.99 Å². The quantitative estimate of drug-likeness (QED) is 0.0934. The van der Waals surface area contributed by atoms with Crippen LogP contribution < -0.4 is 5.32 Å². The summed E-state index contributed by atoms with van der Waals surface area (Å²) in [6.45, 7) is 17.8. The minimum atomic E-state index is 0.322. The fraction of sp³-hybridized carbons (Fsp3) is 0.333. The molecule has 4 aromatic rings. The number of nitrogens with one attached hydrogen (secondary N) is 1. The molecule has 0 atom stereocenters. The number of aliphatic imine (C=N–C) groups is 1. The molecule has 224 valence electrons. The van der Waals surface area contributed by atoms with Gasteiger partial charge in [-0.05, 0) is 59.1 Å². The number of amidine groups is 1. The molecule has 0 bridgehead atoms. The van der Waals surface area contributed by atoms with Gasteiger partial charge in [0.2, 0.25) is 0 Å². The molecule has 0 unspecified atom stereocenters. The number of hydroxylamine groups is 1. The van der Waals surface area contributed by atoms with E-state index in [4.69, 9.17) is 9.83 Å². The van der Waals surface area contributed by atoms with E-state index in [9.17, 15) is 0 Å². The molecule has 0 aliphatic heterocycles. The van der Waals surface area contributed by atoms with Crippen LogP contribution in [0.5, 0.6) is 0 Å². The van der Waals surface area contributed by atoms with Gasteiger partial charge in [-0.2, -0.15) is 0 Å². The second-order valence-electron chi connectivity index (χ2n) is 12.4. The summed E-state index contributed by atoms with van der Waals surface area (Å²) in [7, 11) is 1.96. The van der Waals surface area contributed by atoms with Gasteiger partial charge in [-0.1, -0.05) is 133 Å². The first-order valence-electron chi connectivity index (χ1n) is 15.6. The lowest BCUT2D eigenvalue weighted by Crippen LogP contribution is -2.30. The van der Waals surface area contributed by atoms with E-state index in [-0.39, 0.29) is 0 Å². The van der Waals surface area contributed by atoms with Crippen molar-refractivity contribution in [1.29, 1.82) is 0 Å². The Hall–Kier alpha value is -4.18. The van der Waals surface area contributed by atoms with Crippen molar-refractivity contribution >= 4 is 23.1 Å². The van der Waals surface area contributed by atoms with Crippen LogP contribution in [0.1, 0.15) is 112 Å². The van der Waals surface area contributed by atoms with E-state index >= 15 is 0 Å². The van der Waals surface area contributed by atoms with Crippen LogP contribution in [0.3, 0.4) is 0 Å². The number of benzene rings is 4. The highest BCUT2D eigenvalue weighted by atomic mass is 16.7. The van der Waals surface area contributed by atoms with Gasteiger partial charge in [-0.25, -0.2) is 10.3 Å². The highest BCUT2D eigenvalue weighted by Crippen LogP contribution is 2.36. The molecule has 0 aliphatic rings. The molecule has 4 aromatic carbocycles. The Morgan fingerprint density at radius 1 is 0.558 bits per heavy atom. The van der Waals surface area contributed by atoms with Crippen molar-refractivity contribution in [1.82, 2.24) is 0 Å². The second kappa shape index (κ2) is 14.3. The molecule has 0 radical (unpaired) electrons. The molecule has 0 amide bonds. The van der Waals surface area contributed by atoms with Crippen molar-refractivity contribution in [2.75, 3.05) is 12.4 Å². The minimum Gasteiger partial charge on any atom is -0.280 e. The molecule has 4 nitrogen and oxygen atoms in total. The molecule has 4 rings (SSSR count). The fourth-order valence-corrected chi connectivity index (χ4v) is 5.38. The van der Waals surface area contributed by atoms with Crippen LogP contribution >= 0.6 is 0 Å². The molecule has 0 aromatic heterocycles. The molecule has 1 N–H and O–H groups in total. The third-order valence-corrected chi connectivity index (χ3v) is 7.78. The van der Waals surface area contributed by atoms with Crippen LogP contribution in [0.4, 0.5) is 11.4 Å². The first kappa shape index (κ1) is 31.7. The minimum absolute atomic E-state index is 0.322. The molecule has 0 saturated carbocycles. The molecule has 0 heterocycles. The first-order valence-corrected chi connectivity index (χ1v) is 15.6. The lowest BCUT2D eigenvalue weighted by molar-refractivity contribution is -0.735. The zero-order valence-corrected chi connectivity index (χ0v) is 27.3. The van der Waals surface area contributed by atoms with Gasteiger partial charge in [0.1, 0.15) is 12.7 Å².